The highest BCUT2D eigenvalue weighted by Gasteiger charge is 2.18. The summed E-state index contributed by atoms with van der Waals surface area (Å²) in [5, 5.41) is 0.435. The lowest BCUT2D eigenvalue weighted by molar-refractivity contribution is 0.0982. The van der Waals surface area contributed by atoms with Crippen molar-refractivity contribution in [3.63, 3.8) is 0 Å². The number of carbonyl (C=O) groups excluding carboxylic acids is 1. The molecule has 0 atom stereocenters. The van der Waals surface area contributed by atoms with Gasteiger partial charge in [-0.15, -0.1) is 0 Å². The van der Waals surface area contributed by atoms with Crippen molar-refractivity contribution in [1.82, 2.24) is 4.98 Å². The van der Waals surface area contributed by atoms with Gasteiger partial charge in [-0.2, -0.15) is 0 Å². The van der Waals surface area contributed by atoms with Gasteiger partial charge >= 0.3 is 0 Å². The molecular weight excluding hydrogens is 460 g/mol. The zero-order valence-corrected chi connectivity index (χ0v) is 19.5. The van der Waals surface area contributed by atoms with E-state index in [1.54, 1.807) is 30.3 Å². The fourth-order valence-electron chi connectivity index (χ4n) is 3.21. The number of Topliss-reactive ketones (excluding diaryl/α,β-unsaturated/α-hetero) is 1. The smallest absolute Gasteiger partial charge is 0.262 e. The summed E-state index contributed by atoms with van der Waals surface area (Å²) in [6.45, 7) is 0. The maximum atomic E-state index is 12.8. The van der Waals surface area contributed by atoms with Gasteiger partial charge in [0.25, 0.3) is 15.2 Å². The number of sulfonamides is 1. The number of hydrogen-bond donors (Lipinski definition) is 1. The second-order valence-electron chi connectivity index (χ2n) is 7.16. The number of ketones is 1. The topological polar surface area (TPSA) is 98.5 Å². The van der Waals surface area contributed by atoms with Crippen LogP contribution in [0.4, 0.5) is 5.69 Å². The van der Waals surface area contributed by atoms with Crippen molar-refractivity contribution >= 4 is 44.4 Å². The molecule has 0 saturated heterocycles. The van der Waals surface area contributed by atoms with Crippen LogP contribution in [0.1, 0.15) is 23.2 Å². The minimum Gasteiger partial charge on any atom is -0.495 e. The Morgan fingerprint density at radius 3 is 2.61 bits per heavy atom. The van der Waals surface area contributed by atoms with Gasteiger partial charge < -0.3 is 9.15 Å². The Kier molecular flexibility index (Phi) is 7.00. The van der Waals surface area contributed by atoms with Gasteiger partial charge in [0.1, 0.15) is 11.3 Å². The van der Waals surface area contributed by atoms with Crippen molar-refractivity contribution in [2.75, 3.05) is 17.6 Å². The number of carbonyl (C=O) groups is 1. The number of para-hydroxylation sites is 2. The van der Waals surface area contributed by atoms with E-state index in [4.69, 9.17) is 9.15 Å². The second kappa shape index (κ2) is 10.1. The lowest BCUT2D eigenvalue weighted by Gasteiger charge is -2.11. The van der Waals surface area contributed by atoms with Crippen LogP contribution in [0.15, 0.2) is 87.3 Å². The van der Waals surface area contributed by atoms with Crippen molar-refractivity contribution < 1.29 is 22.4 Å². The molecule has 1 heterocycles. The third kappa shape index (κ3) is 5.55. The molecule has 170 valence electrons. The number of rotatable bonds is 10. The first-order valence-electron chi connectivity index (χ1n) is 10.2. The minimum atomic E-state index is -3.84. The van der Waals surface area contributed by atoms with E-state index < -0.39 is 10.0 Å². The predicted octanol–water partition coefficient (Wildman–Crippen LogP) is 5.39. The van der Waals surface area contributed by atoms with Gasteiger partial charge in [0.15, 0.2) is 11.4 Å². The highest BCUT2D eigenvalue weighted by atomic mass is 32.2. The Hall–Kier alpha value is -3.30. The van der Waals surface area contributed by atoms with E-state index >= 15 is 0 Å². The van der Waals surface area contributed by atoms with E-state index in [0.717, 1.165) is 0 Å². The fraction of sp³-hybridized carbons (Fsp3) is 0.167. The summed E-state index contributed by atoms with van der Waals surface area (Å²) >= 11 is 1.39. The van der Waals surface area contributed by atoms with E-state index in [1.807, 2.05) is 30.3 Å². The summed E-state index contributed by atoms with van der Waals surface area (Å²) in [5.41, 5.74) is 2.00. The van der Waals surface area contributed by atoms with Gasteiger partial charge in [0, 0.05) is 17.7 Å². The lowest BCUT2D eigenvalue weighted by atomic mass is 10.1. The van der Waals surface area contributed by atoms with Crippen LogP contribution in [0, 0.1) is 0 Å². The van der Waals surface area contributed by atoms with Gasteiger partial charge in [-0.25, -0.2) is 13.4 Å². The maximum Gasteiger partial charge on any atom is 0.262 e. The average Bonchev–Trinajstić information content (AvgIpc) is 3.24. The van der Waals surface area contributed by atoms with Gasteiger partial charge in [-0.05, 0) is 36.8 Å². The standard InChI is InChI=1S/C24H22N2O5S2/c1-30-22-12-6-5-10-19(22)26-33(28,29)18-13-14-23-20(16-18)25-24(31-23)32-15-7-11-21(27)17-8-3-2-4-9-17/h2-6,8-10,12-14,16,26H,7,11,15H2,1H3. The van der Waals surface area contributed by atoms with E-state index in [2.05, 4.69) is 9.71 Å². The van der Waals surface area contributed by atoms with Crippen LogP contribution in [0.5, 0.6) is 5.75 Å². The van der Waals surface area contributed by atoms with Crippen LogP contribution >= 0.6 is 11.8 Å². The molecule has 0 saturated carbocycles. The van der Waals surface area contributed by atoms with Gasteiger partial charge in [0.2, 0.25) is 0 Å². The molecule has 0 fully saturated rings. The number of benzene rings is 3. The first-order chi connectivity index (χ1) is 16.0. The van der Waals surface area contributed by atoms with Crippen molar-refractivity contribution in [2.45, 2.75) is 23.0 Å². The number of anilines is 1. The summed E-state index contributed by atoms with van der Waals surface area (Å²) in [7, 11) is -2.36. The van der Waals surface area contributed by atoms with Crippen LogP contribution in [-0.2, 0) is 10.0 Å². The normalized spacial score (nSPS) is 11.4. The molecular formula is C24H22N2O5S2. The number of aromatic nitrogens is 1. The molecule has 0 radical (unpaired) electrons. The molecule has 0 aliphatic heterocycles. The SMILES string of the molecule is COc1ccccc1NS(=O)(=O)c1ccc2oc(SCCCC(=O)c3ccccc3)nc2c1. The fourth-order valence-corrected chi connectivity index (χ4v) is 5.07. The van der Waals surface area contributed by atoms with E-state index in [1.165, 1.54) is 31.0 Å². The maximum absolute atomic E-state index is 12.8. The molecule has 33 heavy (non-hydrogen) atoms. The van der Waals surface area contributed by atoms with Crippen molar-refractivity contribution in [3.8, 4) is 5.75 Å². The van der Waals surface area contributed by atoms with Crippen molar-refractivity contribution in [2.24, 2.45) is 0 Å². The number of ether oxygens (including phenoxy) is 1. The molecule has 4 rings (SSSR count). The van der Waals surface area contributed by atoms with Crippen molar-refractivity contribution in [1.29, 1.82) is 0 Å². The summed E-state index contributed by atoms with van der Waals surface area (Å²) < 4.78 is 39.2. The van der Waals surface area contributed by atoms with Crippen LogP contribution in [0.3, 0.4) is 0 Å². The summed E-state index contributed by atoms with van der Waals surface area (Å²) in [5.74, 6) is 1.19. The zero-order chi connectivity index (χ0) is 23.3. The van der Waals surface area contributed by atoms with Crippen LogP contribution in [0.2, 0.25) is 0 Å². The predicted molar refractivity (Wildman–Crippen MR) is 129 cm³/mol. The average molecular weight is 483 g/mol. The van der Waals surface area contributed by atoms with E-state index in [0.29, 0.717) is 51.9 Å². The van der Waals surface area contributed by atoms with Crippen LogP contribution < -0.4 is 9.46 Å². The Morgan fingerprint density at radius 2 is 1.82 bits per heavy atom. The molecule has 9 heteroatoms. The summed E-state index contributed by atoms with van der Waals surface area (Å²) in [6.07, 6.45) is 1.12. The quantitative estimate of drug-likeness (QED) is 0.184. The number of hydrogen-bond acceptors (Lipinski definition) is 7. The molecule has 0 spiro atoms. The number of oxazole rings is 1. The largest absolute Gasteiger partial charge is 0.495 e. The number of nitrogens with zero attached hydrogens (tertiary/aromatic N) is 1. The third-order valence-corrected chi connectivity index (χ3v) is 7.15. The molecule has 0 bridgehead atoms. The highest BCUT2D eigenvalue weighted by Crippen LogP contribution is 2.29. The molecule has 1 N–H and O–H groups in total. The first kappa shape index (κ1) is 22.9. The summed E-state index contributed by atoms with van der Waals surface area (Å²) in [6, 6.07) is 20.5. The molecule has 7 nitrogen and oxygen atoms in total. The number of thioether (sulfide) groups is 1. The first-order valence-corrected chi connectivity index (χ1v) is 12.7. The highest BCUT2D eigenvalue weighted by molar-refractivity contribution is 7.99. The van der Waals surface area contributed by atoms with Crippen LogP contribution in [-0.4, -0.2) is 32.0 Å². The Balaban J connectivity index is 1.40. The minimum absolute atomic E-state index is 0.0687. The number of nitrogens with one attached hydrogen (secondary N) is 1. The molecule has 1 aromatic heterocycles. The Morgan fingerprint density at radius 1 is 1.06 bits per heavy atom. The molecule has 4 aromatic rings. The molecule has 0 aliphatic carbocycles. The van der Waals surface area contributed by atoms with Gasteiger partial charge in [-0.1, -0.05) is 54.2 Å². The lowest BCUT2D eigenvalue weighted by Crippen LogP contribution is -2.13. The number of fused-ring (bicyclic) bond motifs is 1. The second-order valence-corrected chi connectivity index (χ2v) is 9.88. The number of methoxy groups -OCH3 is 1. The van der Waals surface area contributed by atoms with Gasteiger partial charge in [-0.3, -0.25) is 9.52 Å². The zero-order valence-electron chi connectivity index (χ0n) is 17.9. The molecule has 0 aliphatic rings. The third-order valence-electron chi connectivity index (χ3n) is 4.87. The van der Waals surface area contributed by atoms with E-state index in [-0.39, 0.29) is 10.7 Å². The monoisotopic (exact) mass is 482 g/mol. The summed E-state index contributed by atoms with van der Waals surface area (Å²) in [4.78, 5) is 16.6. The molecule has 0 amide bonds. The Bertz CT molecular complexity index is 1370. The van der Waals surface area contributed by atoms with E-state index in [9.17, 15) is 13.2 Å². The van der Waals surface area contributed by atoms with Crippen LogP contribution in [0.25, 0.3) is 11.1 Å². The molecule has 0 unspecified atom stereocenters. The Labute approximate surface area is 196 Å². The molecule has 3 aromatic carbocycles. The van der Waals surface area contributed by atoms with Gasteiger partial charge in [0.05, 0.1) is 17.7 Å². The van der Waals surface area contributed by atoms with Crippen molar-refractivity contribution in [3.05, 3.63) is 78.4 Å².